The van der Waals surface area contributed by atoms with Gasteiger partial charge in [-0.05, 0) is 17.7 Å². The van der Waals surface area contributed by atoms with Crippen molar-refractivity contribution in [2.24, 2.45) is 0 Å². The smallest absolute Gasteiger partial charge is 0.141 e. The number of aromatic amines is 1. The van der Waals surface area contributed by atoms with Crippen molar-refractivity contribution in [3.05, 3.63) is 47.0 Å². The van der Waals surface area contributed by atoms with Crippen LogP contribution in [-0.2, 0) is 0 Å². The Labute approximate surface area is 90.9 Å². The molecule has 1 aromatic heterocycles. The normalized spacial score (nSPS) is 9.93. The first-order valence-corrected chi connectivity index (χ1v) is 4.62. The Kier molecular flexibility index (Phi) is 2.44. The molecule has 0 amide bonds. The Morgan fingerprint density at radius 3 is 2.80 bits per heavy atom. The van der Waals surface area contributed by atoms with Crippen LogP contribution in [-0.4, -0.2) is 4.98 Å². The van der Waals surface area contributed by atoms with Gasteiger partial charge in [-0.15, -0.1) is 0 Å². The van der Waals surface area contributed by atoms with Gasteiger partial charge in [-0.3, -0.25) is 0 Å². The molecule has 2 nitrogen and oxygen atoms in total. The van der Waals surface area contributed by atoms with Gasteiger partial charge in [0, 0.05) is 18.0 Å². The molecule has 2 rings (SSSR count). The van der Waals surface area contributed by atoms with E-state index < -0.39 is 5.82 Å². The molecular weight excluding hydrogens is 215 g/mol. The Balaban J connectivity index is 2.56. The maximum atomic E-state index is 12.9. The van der Waals surface area contributed by atoms with E-state index in [-0.39, 0.29) is 5.02 Å². The van der Waals surface area contributed by atoms with Crippen LogP contribution in [0.25, 0.3) is 11.1 Å². The summed E-state index contributed by atoms with van der Waals surface area (Å²) in [6.45, 7) is 0. The lowest BCUT2D eigenvalue weighted by atomic mass is 10.1. The molecule has 1 N–H and O–H groups in total. The second-order valence-corrected chi connectivity index (χ2v) is 3.43. The van der Waals surface area contributed by atoms with Crippen molar-refractivity contribution in [2.45, 2.75) is 0 Å². The first kappa shape index (κ1) is 9.75. The van der Waals surface area contributed by atoms with Gasteiger partial charge in [-0.25, -0.2) is 4.39 Å². The van der Waals surface area contributed by atoms with Gasteiger partial charge in [0.05, 0.1) is 10.6 Å². The molecule has 0 saturated heterocycles. The molecule has 0 spiro atoms. The van der Waals surface area contributed by atoms with Gasteiger partial charge in [0.25, 0.3) is 0 Å². The highest BCUT2D eigenvalue weighted by atomic mass is 35.5. The molecule has 0 aliphatic carbocycles. The molecule has 0 aliphatic rings. The average Bonchev–Trinajstić information content (AvgIpc) is 2.70. The zero-order chi connectivity index (χ0) is 10.8. The second kappa shape index (κ2) is 3.76. The molecule has 0 bridgehead atoms. The maximum Gasteiger partial charge on any atom is 0.141 e. The van der Waals surface area contributed by atoms with Crippen molar-refractivity contribution in [1.29, 1.82) is 5.26 Å². The Morgan fingerprint density at radius 2 is 2.13 bits per heavy atom. The van der Waals surface area contributed by atoms with Crippen molar-refractivity contribution < 1.29 is 4.39 Å². The minimum atomic E-state index is -0.463. The van der Waals surface area contributed by atoms with Crippen molar-refractivity contribution in [2.75, 3.05) is 0 Å². The van der Waals surface area contributed by atoms with Gasteiger partial charge in [-0.1, -0.05) is 17.7 Å². The maximum absolute atomic E-state index is 12.9. The summed E-state index contributed by atoms with van der Waals surface area (Å²) in [5.41, 5.74) is 1.95. The Bertz CT molecular complexity index is 540. The molecule has 15 heavy (non-hydrogen) atoms. The van der Waals surface area contributed by atoms with Gasteiger partial charge >= 0.3 is 0 Å². The van der Waals surface area contributed by atoms with Crippen molar-refractivity contribution in [3.63, 3.8) is 0 Å². The van der Waals surface area contributed by atoms with E-state index in [2.05, 4.69) is 4.98 Å². The van der Waals surface area contributed by atoms with Crippen LogP contribution in [0.5, 0.6) is 0 Å². The van der Waals surface area contributed by atoms with E-state index in [1.807, 2.05) is 6.07 Å². The van der Waals surface area contributed by atoms with Crippen LogP contribution in [0.1, 0.15) is 5.56 Å². The van der Waals surface area contributed by atoms with E-state index in [0.29, 0.717) is 5.56 Å². The summed E-state index contributed by atoms with van der Waals surface area (Å²) in [6, 6.07) is 6.41. The molecule has 1 heterocycles. The van der Waals surface area contributed by atoms with E-state index in [1.54, 1.807) is 18.5 Å². The number of rotatable bonds is 1. The Morgan fingerprint density at radius 1 is 1.33 bits per heavy atom. The molecule has 0 fully saturated rings. The lowest BCUT2D eigenvalue weighted by molar-refractivity contribution is 0.628. The van der Waals surface area contributed by atoms with Gasteiger partial charge in [0.15, 0.2) is 0 Å². The number of hydrogen-bond donors (Lipinski definition) is 1. The minimum Gasteiger partial charge on any atom is -0.366 e. The highest BCUT2D eigenvalue weighted by Gasteiger charge is 2.07. The first-order chi connectivity index (χ1) is 7.22. The monoisotopic (exact) mass is 220 g/mol. The van der Waals surface area contributed by atoms with Crippen LogP contribution in [0.2, 0.25) is 5.02 Å². The van der Waals surface area contributed by atoms with Crippen LogP contribution >= 0.6 is 11.6 Å². The molecule has 0 atom stereocenters. The van der Waals surface area contributed by atoms with E-state index in [4.69, 9.17) is 16.9 Å². The van der Waals surface area contributed by atoms with E-state index >= 15 is 0 Å². The summed E-state index contributed by atoms with van der Waals surface area (Å²) in [5.74, 6) is -0.463. The predicted octanol–water partition coefficient (Wildman–Crippen LogP) is 3.35. The first-order valence-electron chi connectivity index (χ1n) is 4.24. The van der Waals surface area contributed by atoms with Crippen LogP contribution < -0.4 is 0 Å². The third-order valence-corrected chi connectivity index (χ3v) is 2.39. The summed E-state index contributed by atoms with van der Waals surface area (Å²) in [6.07, 6.45) is 3.27. The van der Waals surface area contributed by atoms with Crippen LogP contribution in [0.3, 0.4) is 0 Å². The SMILES string of the molecule is N#Cc1c[nH]cc1-c1ccc(F)c(Cl)c1. The van der Waals surface area contributed by atoms with E-state index in [0.717, 1.165) is 11.1 Å². The fraction of sp³-hybridized carbons (Fsp3) is 0. The van der Waals surface area contributed by atoms with Crippen LogP contribution in [0.15, 0.2) is 30.6 Å². The number of hydrogen-bond acceptors (Lipinski definition) is 1. The molecule has 0 unspecified atom stereocenters. The van der Waals surface area contributed by atoms with Gasteiger partial charge in [0.2, 0.25) is 0 Å². The van der Waals surface area contributed by atoms with E-state index in [1.165, 1.54) is 12.1 Å². The summed E-state index contributed by atoms with van der Waals surface area (Å²) >= 11 is 5.66. The van der Waals surface area contributed by atoms with Crippen LogP contribution in [0, 0.1) is 17.1 Å². The number of H-pyrrole nitrogens is 1. The topological polar surface area (TPSA) is 39.6 Å². The second-order valence-electron chi connectivity index (χ2n) is 3.02. The molecule has 4 heteroatoms. The largest absolute Gasteiger partial charge is 0.366 e. The van der Waals surface area contributed by atoms with E-state index in [9.17, 15) is 4.39 Å². The number of aromatic nitrogens is 1. The van der Waals surface area contributed by atoms with Crippen molar-refractivity contribution in [1.82, 2.24) is 4.98 Å². The number of benzene rings is 1. The number of nitrogens with zero attached hydrogens (tertiary/aromatic N) is 1. The van der Waals surface area contributed by atoms with Gasteiger partial charge < -0.3 is 4.98 Å². The molecule has 1 aromatic carbocycles. The summed E-state index contributed by atoms with van der Waals surface area (Å²) in [4.78, 5) is 2.82. The van der Waals surface area contributed by atoms with Crippen molar-refractivity contribution >= 4 is 11.6 Å². The lowest BCUT2D eigenvalue weighted by Gasteiger charge is -2.00. The summed E-state index contributed by atoms with van der Waals surface area (Å²) in [5, 5.41) is 8.87. The lowest BCUT2D eigenvalue weighted by Crippen LogP contribution is -1.81. The van der Waals surface area contributed by atoms with Crippen molar-refractivity contribution in [3.8, 4) is 17.2 Å². The zero-order valence-electron chi connectivity index (χ0n) is 7.59. The third-order valence-electron chi connectivity index (χ3n) is 2.10. The van der Waals surface area contributed by atoms with Gasteiger partial charge in [0.1, 0.15) is 11.9 Å². The fourth-order valence-electron chi connectivity index (χ4n) is 1.36. The Hall–Kier alpha value is -1.79. The summed E-state index contributed by atoms with van der Waals surface area (Å²) in [7, 11) is 0. The number of nitrogens with one attached hydrogen (secondary N) is 1. The predicted molar refractivity (Wildman–Crippen MR) is 55.9 cm³/mol. The molecular formula is C11H6ClFN2. The molecule has 74 valence electrons. The zero-order valence-corrected chi connectivity index (χ0v) is 8.35. The highest BCUT2D eigenvalue weighted by Crippen LogP contribution is 2.26. The molecule has 0 radical (unpaired) electrons. The minimum absolute atomic E-state index is 0.0533. The number of halogens is 2. The third kappa shape index (κ3) is 1.72. The average molecular weight is 221 g/mol. The fourth-order valence-corrected chi connectivity index (χ4v) is 1.54. The number of nitriles is 1. The quantitative estimate of drug-likeness (QED) is 0.787. The molecule has 2 aromatic rings. The summed E-state index contributed by atoms with van der Waals surface area (Å²) < 4.78 is 12.9. The molecule has 0 saturated carbocycles. The van der Waals surface area contributed by atoms with Gasteiger partial charge in [-0.2, -0.15) is 5.26 Å². The highest BCUT2D eigenvalue weighted by molar-refractivity contribution is 6.31. The van der Waals surface area contributed by atoms with Crippen LogP contribution in [0.4, 0.5) is 4.39 Å². The standard InChI is InChI=1S/C11H6ClFN2/c12-10-3-7(1-2-11(10)13)9-6-15-5-8(9)4-14/h1-3,5-6,15H. The molecule has 0 aliphatic heterocycles.